The van der Waals surface area contributed by atoms with E-state index in [1.165, 1.54) is 30.3 Å². The number of amides is 2. The summed E-state index contributed by atoms with van der Waals surface area (Å²) in [6.45, 7) is 5.18. The molecule has 0 aliphatic heterocycles. The Hall–Kier alpha value is -4.79. The number of carbonyl (C=O) groups is 3. The van der Waals surface area contributed by atoms with Crippen molar-refractivity contribution in [2.24, 2.45) is 0 Å². The van der Waals surface area contributed by atoms with Gasteiger partial charge in [0.05, 0.1) is 11.0 Å². The monoisotopic (exact) mass is 556 g/mol. The summed E-state index contributed by atoms with van der Waals surface area (Å²) in [7, 11) is 0. The SMILES string of the molecule is CC(C)(C)OC(=O)N[C@@H](Cc1ccccc1)C(=O)N[C@@H](CCc1ccccc1)C(=O)[C]=Cc1ccc([N+](=O)[O-])cc1. The summed E-state index contributed by atoms with van der Waals surface area (Å²) in [4.78, 5) is 49.8. The molecule has 2 amide bonds. The number of non-ortho nitro benzene ring substituents is 1. The molecule has 3 aromatic rings. The van der Waals surface area contributed by atoms with Gasteiger partial charge in [-0.15, -0.1) is 0 Å². The summed E-state index contributed by atoms with van der Waals surface area (Å²) in [5.74, 6) is -1.01. The molecule has 0 saturated carbocycles. The molecular formula is C32H34N3O6. The number of aryl methyl sites for hydroxylation is 1. The number of hydrogen-bond acceptors (Lipinski definition) is 6. The van der Waals surface area contributed by atoms with E-state index in [1.807, 2.05) is 60.7 Å². The highest BCUT2D eigenvalue weighted by Gasteiger charge is 2.28. The highest BCUT2D eigenvalue weighted by atomic mass is 16.6. The second kappa shape index (κ2) is 14.6. The zero-order chi connectivity index (χ0) is 29.8. The van der Waals surface area contributed by atoms with Gasteiger partial charge in [-0.25, -0.2) is 4.79 Å². The second-order valence-corrected chi connectivity index (χ2v) is 10.5. The van der Waals surface area contributed by atoms with Gasteiger partial charge in [0.15, 0.2) is 5.78 Å². The van der Waals surface area contributed by atoms with Crippen molar-refractivity contribution in [1.29, 1.82) is 0 Å². The van der Waals surface area contributed by atoms with Crippen LogP contribution in [-0.4, -0.2) is 40.4 Å². The van der Waals surface area contributed by atoms with Crippen LogP contribution in [0, 0.1) is 16.2 Å². The molecule has 0 aliphatic carbocycles. The molecule has 0 heterocycles. The molecule has 0 aliphatic rings. The third kappa shape index (κ3) is 10.7. The largest absolute Gasteiger partial charge is 0.444 e. The van der Waals surface area contributed by atoms with Crippen molar-refractivity contribution in [3.8, 4) is 0 Å². The number of ether oxygens (including phenoxy) is 1. The maximum Gasteiger partial charge on any atom is 0.408 e. The molecule has 9 heteroatoms. The lowest BCUT2D eigenvalue weighted by Gasteiger charge is -2.25. The molecule has 3 aromatic carbocycles. The van der Waals surface area contributed by atoms with Gasteiger partial charge in [-0.2, -0.15) is 0 Å². The number of benzene rings is 3. The van der Waals surface area contributed by atoms with E-state index < -0.39 is 40.4 Å². The van der Waals surface area contributed by atoms with Crippen LogP contribution in [0.4, 0.5) is 10.5 Å². The molecule has 2 N–H and O–H groups in total. The summed E-state index contributed by atoms with van der Waals surface area (Å²) in [6, 6.07) is 22.5. The number of ketones is 1. The Labute approximate surface area is 239 Å². The first kappa shape index (κ1) is 30.7. The fraction of sp³-hybridized carbons (Fsp3) is 0.281. The van der Waals surface area contributed by atoms with Crippen molar-refractivity contribution in [2.45, 2.75) is 57.7 Å². The number of rotatable bonds is 12. The van der Waals surface area contributed by atoms with Crippen LogP contribution in [-0.2, 0) is 27.2 Å². The third-order valence-electron chi connectivity index (χ3n) is 5.97. The highest BCUT2D eigenvalue weighted by molar-refractivity contribution is 5.97. The van der Waals surface area contributed by atoms with Crippen LogP contribution in [0.3, 0.4) is 0 Å². The van der Waals surface area contributed by atoms with E-state index in [-0.39, 0.29) is 12.1 Å². The van der Waals surface area contributed by atoms with Gasteiger partial charge in [0, 0.05) is 24.6 Å². The van der Waals surface area contributed by atoms with Gasteiger partial charge in [0.1, 0.15) is 11.6 Å². The minimum atomic E-state index is -1.00. The van der Waals surface area contributed by atoms with Crippen molar-refractivity contribution in [3.63, 3.8) is 0 Å². The maximum atomic E-state index is 13.5. The smallest absolute Gasteiger partial charge is 0.408 e. The minimum Gasteiger partial charge on any atom is -0.444 e. The molecular weight excluding hydrogens is 522 g/mol. The van der Waals surface area contributed by atoms with Crippen molar-refractivity contribution < 1.29 is 24.0 Å². The predicted octanol–water partition coefficient (Wildman–Crippen LogP) is 5.23. The molecule has 0 spiro atoms. The van der Waals surface area contributed by atoms with E-state index in [9.17, 15) is 24.5 Å². The lowest BCUT2D eigenvalue weighted by molar-refractivity contribution is -0.384. The quantitative estimate of drug-likeness (QED) is 0.179. The van der Waals surface area contributed by atoms with Crippen molar-refractivity contribution in [3.05, 3.63) is 118 Å². The van der Waals surface area contributed by atoms with E-state index in [4.69, 9.17) is 4.74 Å². The van der Waals surface area contributed by atoms with Crippen LogP contribution in [0.5, 0.6) is 0 Å². The average molecular weight is 557 g/mol. The molecule has 9 nitrogen and oxygen atoms in total. The minimum absolute atomic E-state index is 0.0663. The molecule has 0 aromatic heterocycles. The molecule has 1 radical (unpaired) electrons. The average Bonchev–Trinajstić information content (AvgIpc) is 2.93. The van der Waals surface area contributed by atoms with Gasteiger partial charge < -0.3 is 15.4 Å². The van der Waals surface area contributed by atoms with Gasteiger partial charge in [0.25, 0.3) is 5.69 Å². The number of alkyl carbamates (subject to hydrolysis) is 1. The first-order valence-corrected chi connectivity index (χ1v) is 13.3. The fourth-order valence-corrected chi connectivity index (χ4v) is 3.95. The van der Waals surface area contributed by atoms with Crippen LogP contribution in [0.15, 0.2) is 84.9 Å². The van der Waals surface area contributed by atoms with E-state index >= 15 is 0 Å². The molecule has 213 valence electrons. The summed E-state index contributed by atoms with van der Waals surface area (Å²) >= 11 is 0. The Morgan fingerprint density at radius 3 is 2.02 bits per heavy atom. The first-order chi connectivity index (χ1) is 19.5. The highest BCUT2D eigenvalue weighted by Crippen LogP contribution is 2.14. The molecule has 41 heavy (non-hydrogen) atoms. The van der Waals surface area contributed by atoms with Crippen LogP contribution < -0.4 is 10.6 Å². The Morgan fingerprint density at radius 2 is 1.46 bits per heavy atom. The number of hydrogen-bond donors (Lipinski definition) is 2. The van der Waals surface area contributed by atoms with E-state index in [1.54, 1.807) is 20.8 Å². The van der Waals surface area contributed by atoms with Gasteiger partial charge in [-0.3, -0.25) is 19.7 Å². The lowest BCUT2D eigenvalue weighted by atomic mass is 9.99. The zero-order valence-electron chi connectivity index (χ0n) is 23.3. The summed E-state index contributed by atoms with van der Waals surface area (Å²) in [5, 5.41) is 16.4. The number of nitrogens with zero attached hydrogens (tertiary/aromatic N) is 1. The number of carbonyl (C=O) groups excluding carboxylic acids is 3. The third-order valence-corrected chi connectivity index (χ3v) is 5.97. The molecule has 0 saturated heterocycles. The van der Waals surface area contributed by atoms with Gasteiger partial charge in [0.2, 0.25) is 5.91 Å². The van der Waals surface area contributed by atoms with Crippen LogP contribution >= 0.6 is 0 Å². The van der Waals surface area contributed by atoms with Gasteiger partial charge in [-0.1, -0.05) is 60.7 Å². The Morgan fingerprint density at radius 1 is 0.878 bits per heavy atom. The van der Waals surface area contributed by atoms with Crippen LogP contribution in [0.25, 0.3) is 6.08 Å². The Bertz CT molecular complexity index is 1350. The molecule has 3 rings (SSSR count). The Kier molecular flexibility index (Phi) is 10.9. The lowest BCUT2D eigenvalue weighted by Crippen LogP contribution is -2.53. The van der Waals surface area contributed by atoms with Crippen molar-refractivity contribution >= 4 is 29.5 Å². The standard InChI is InChI=1S/C32H34N3O6/c1-32(2,3)41-31(38)34-28(22-25-12-8-5-9-13-25)30(37)33-27(20-16-23-10-6-4-7-11-23)29(36)21-17-24-14-18-26(19-15-24)35(39)40/h4-15,17-19,27-28H,16,20,22H2,1-3H3,(H,33,37)(H,34,38)/t27-,28-/m0/s1. The van der Waals surface area contributed by atoms with E-state index in [2.05, 4.69) is 16.7 Å². The number of Topliss-reactive ketones (excluding diaryl/α,β-unsaturated/α-hetero) is 1. The molecule has 0 bridgehead atoms. The fourth-order valence-electron chi connectivity index (χ4n) is 3.95. The summed E-state index contributed by atoms with van der Waals surface area (Å²) < 4.78 is 5.37. The number of nitro groups is 1. The number of nitro benzene ring substituents is 1. The van der Waals surface area contributed by atoms with E-state index in [0.29, 0.717) is 18.4 Å². The van der Waals surface area contributed by atoms with Gasteiger partial charge in [-0.05, 0) is 68.5 Å². The second-order valence-electron chi connectivity index (χ2n) is 10.5. The summed E-state index contributed by atoms with van der Waals surface area (Å²) in [6.07, 6.45) is 4.36. The first-order valence-electron chi connectivity index (χ1n) is 13.3. The normalized spacial score (nSPS) is 12.8. The van der Waals surface area contributed by atoms with Crippen molar-refractivity contribution in [1.82, 2.24) is 10.6 Å². The predicted molar refractivity (Wildman–Crippen MR) is 156 cm³/mol. The van der Waals surface area contributed by atoms with Crippen LogP contribution in [0.1, 0.15) is 43.9 Å². The van der Waals surface area contributed by atoms with Gasteiger partial charge >= 0.3 is 6.09 Å². The van der Waals surface area contributed by atoms with Crippen LogP contribution in [0.2, 0.25) is 0 Å². The zero-order valence-corrected chi connectivity index (χ0v) is 23.3. The summed E-state index contributed by atoms with van der Waals surface area (Å²) in [5.41, 5.74) is 1.53. The Balaban J connectivity index is 1.80. The molecule has 2 atom stereocenters. The number of nitrogens with one attached hydrogen (secondary N) is 2. The van der Waals surface area contributed by atoms with Crippen molar-refractivity contribution in [2.75, 3.05) is 0 Å². The molecule has 0 unspecified atom stereocenters. The topological polar surface area (TPSA) is 128 Å². The molecule has 0 fully saturated rings. The van der Waals surface area contributed by atoms with E-state index in [0.717, 1.165) is 11.1 Å². The maximum absolute atomic E-state index is 13.5.